The fraction of sp³-hybridized carbons (Fsp3) is 0.111. The second kappa shape index (κ2) is 8.97. The van der Waals surface area contributed by atoms with Crippen molar-refractivity contribution in [2.24, 2.45) is 0 Å². The molecule has 0 saturated carbocycles. The minimum Gasteiger partial charge on any atom is -0.485 e. The monoisotopic (exact) mass is 543 g/mol. The Labute approximate surface area is 175 Å². The van der Waals surface area contributed by atoms with Crippen LogP contribution in [0.15, 0.2) is 59.2 Å². The highest BCUT2D eigenvalue weighted by Gasteiger charge is 2.20. The van der Waals surface area contributed by atoms with Crippen molar-refractivity contribution in [1.29, 1.82) is 0 Å². The molecule has 1 aromatic heterocycles. The average Bonchev–Trinajstić information content (AvgIpc) is 3.06. The lowest BCUT2D eigenvalue weighted by molar-refractivity contribution is 0.101. The molecule has 0 aliphatic carbocycles. The summed E-state index contributed by atoms with van der Waals surface area (Å²) in [6.07, 6.45) is 1.89. The molecule has 5 nitrogen and oxygen atoms in total. The van der Waals surface area contributed by atoms with E-state index in [0.29, 0.717) is 24.4 Å². The normalized spacial score (nSPS) is 11.0. The molecule has 0 saturated heterocycles. The number of nitrogens with zero attached hydrogens (tertiary/aromatic N) is 2. The molecule has 8 heteroatoms. The first-order chi connectivity index (χ1) is 12.6. The van der Waals surface area contributed by atoms with E-state index in [4.69, 9.17) is 4.74 Å². The van der Waals surface area contributed by atoms with Crippen molar-refractivity contribution in [2.75, 3.05) is 5.32 Å². The zero-order valence-electron chi connectivity index (χ0n) is 13.9. The van der Waals surface area contributed by atoms with Crippen molar-refractivity contribution < 1.29 is 9.53 Å². The van der Waals surface area contributed by atoms with E-state index in [9.17, 15) is 4.79 Å². The number of aryl methyl sites for hydroxylation is 1. The molecule has 0 fully saturated rings. The van der Waals surface area contributed by atoms with Gasteiger partial charge in [0.15, 0.2) is 11.4 Å². The van der Waals surface area contributed by atoms with Crippen LogP contribution in [-0.4, -0.2) is 15.5 Å². The van der Waals surface area contributed by atoms with E-state index < -0.39 is 0 Å². The second-order valence-electron chi connectivity index (χ2n) is 5.54. The summed E-state index contributed by atoms with van der Waals surface area (Å²) in [5, 5.41) is 7.23. The Morgan fingerprint density at radius 2 is 2.08 bits per heavy atom. The van der Waals surface area contributed by atoms with Crippen molar-refractivity contribution in [3.8, 4) is 5.75 Å². The summed E-state index contributed by atoms with van der Waals surface area (Å²) in [6.45, 7) is 2.33. The van der Waals surface area contributed by atoms with Gasteiger partial charge in [0.05, 0.1) is 12.6 Å². The number of benzene rings is 2. The van der Waals surface area contributed by atoms with E-state index >= 15 is 0 Å². The summed E-state index contributed by atoms with van der Waals surface area (Å²) in [5.74, 6) is 0.241. The Morgan fingerprint density at radius 1 is 1.31 bits per heavy atom. The fourth-order valence-corrected chi connectivity index (χ4v) is 4.37. The number of hydrogen-bond donors (Lipinski definition) is 1. The summed E-state index contributed by atoms with van der Waals surface area (Å²) in [4.78, 5) is 12.9. The van der Waals surface area contributed by atoms with E-state index in [2.05, 4.69) is 48.4 Å². The largest absolute Gasteiger partial charge is 0.485 e. The van der Waals surface area contributed by atoms with Crippen LogP contribution < -0.4 is 10.1 Å². The first-order valence-electron chi connectivity index (χ1n) is 7.77. The first-order valence-corrected chi connectivity index (χ1v) is 12.6. The number of ether oxygens (including phenoxy) is 1. The highest BCUT2D eigenvalue weighted by atomic mass is 127. The molecule has 1 atom stereocenters. The molecule has 0 radical (unpaired) electrons. The third-order valence-corrected chi connectivity index (χ3v) is 6.07. The molecule has 3 aromatic rings. The molecule has 0 aliphatic heterocycles. The van der Waals surface area contributed by atoms with Crippen LogP contribution in [0.1, 0.15) is 21.6 Å². The van der Waals surface area contributed by atoms with Gasteiger partial charge in [-0.05, 0) is 58.3 Å². The first kappa shape index (κ1) is 19.3. The molecule has 1 heterocycles. The lowest BCUT2D eigenvalue weighted by Crippen LogP contribution is -2.16. The van der Waals surface area contributed by atoms with Gasteiger partial charge in [-0.1, -0.05) is 46.3 Å². The van der Waals surface area contributed by atoms with Crippen LogP contribution in [0.3, 0.4) is 0 Å². The van der Waals surface area contributed by atoms with Gasteiger partial charge in [0, 0.05) is 10.2 Å². The van der Waals surface area contributed by atoms with E-state index in [1.807, 2.05) is 55.5 Å². The summed E-state index contributed by atoms with van der Waals surface area (Å²) in [7, 11) is 0. The molecule has 1 unspecified atom stereocenters. The minimum absolute atomic E-state index is 0.236. The van der Waals surface area contributed by atoms with E-state index in [0.717, 1.165) is 21.3 Å². The Hall–Kier alpha value is -1.44. The van der Waals surface area contributed by atoms with Gasteiger partial charge in [0.25, 0.3) is 5.91 Å². The van der Waals surface area contributed by atoms with Gasteiger partial charge >= 0.3 is 0 Å². The highest BCUT2D eigenvalue weighted by Crippen LogP contribution is 2.31. The van der Waals surface area contributed by atoms with Gasteiger partial charge < -0.3 is 10.1 Å². The van der Waals surface area contributed by atoms with Crippen molar-refractivity contribution in [3.63, 3.8) is 0 Å². The van der Waals surface area contributed by atoms with Crippen molar-refractivity contribution in [2.45, 2.75) is 13.5 Å². The van der Waals surface area contributed by atoms with Gasteiger partial charge in [-0.15, -0.1) is 0 Å². The molecule has 0 bridgehead atoms. The van der Waals surface area contributed by atoms with Crippen LogP contribution in [0.5, 0.6) is 5.75 Å². The van der Waals surface area contributed by atoms with E-state index in [-0.39, 0.29) is 5.91 Å². The smallest absolute Gasteiger partial charge is 0.278 e. The SMILES string of the molecule is Cc1cc(Br)ccc1NC(=O)c1c(OCc2ccccc2)cnn1PI. The summed E-state index contributed by atoms with van der Waals surface area (Å²) in [5.41, 5.74) is 3.20. The number of hydrogen-bond acceptors (Lipinski definition) is 3. The number of carbonyl (C=O) groups is 1. The second-order valence-corrected chi connectivity index (χ2v) is 8.50. The molecule has 3 rings (SSSR count). The van der Waals surface area contributed by atoms with Crippen LogP contribution >= 0.6 is 44.3 Å². The lowest BCUT2D eigenvalue weighted by atomic mass is 10.2. The van der Waals surface area contributed by atoms with Gasteiger partial charge in [-0.25, -0.2) is 4.45 Å². The Kier molecular flexibility index (Phi) is 6.67. The topological polar surface area (TPSA) is 56.1 Å². The standard InChI is InChI=1S/C18H16BrIN3O2P/c1-12-9-14(19)7-8-15(12)22-18(24)17-16(10-21-23(17)26-20)25-11-13-5-3-2-4-6-13/h2-10,26H,11H2,1H3,(H,22,24). The molecule has 0 aliphatic rings. The number of halogens is 2. The fourth-order valence-electron chi connectivity index (χ4n) is 2.40. The zero-order chi connectivity index (χ0) is 18.5. The van der Waals surface area contributed by atoms with Crippen LogP contribution in [0.4, 0.5) is 5.69 Å². The highest BCUT2D eigenvalue weighted by molar-refractivity contribution is 14.2. The van der Waals surface area contributed by atoms with Crippen LogP contribution in [0.25, 0.3) is 0 Å². The van der Waals surface area contributed by atoms with Gasteiger partial charge in [-0.3, -0.25) is 4.79 Å². The van der Waals surface area contributed by atoms with Crippen LogP contribution in [0, 0.1) is 6.92 Å². The summed E-state index contributed by atoms with van der Waals surface area (Å²) < 4.78 is 8.49. The number of aromatic nitrogens is 2. The van der Waals surface area contributed by atoms with Crippen LogP contribution in [0.2, 0.25) is 0 Å². The van der Waals surface area contributed by atoms with Gasteiger partial charge in [0.2, 0.25) is 0 Å². The predicted octanol–water partition coefficient (Wildman–Crippen LogP) is 5.58. The summed E-state index contributed by atoms with van der Waals surface area (Å²) >= 11 is 5.63. The molecule has 0 spiro atoms. The minimum atomic E-state index is -0.236. The Bertz CT molecular complexity index is 918. The predicted molar refractivity (Wildman–Crippen MR) is 118 cm³/mol. The number of rotatable bonds is 6. The molecule has 2 aromatic carbocycles. The maximum Gasteiger partial charge on any atom is 0.278 e. The third-order valence-electron chi connectivity index (χ3n) is 3.70. The average molecular weight is 544 g/mol. The molecule has 134 valence electrons. The molecule has 1 amide bonds. The van der Waals surface area contributed by atoms with Gasteiger partial charge in [0.1, 0.15) is 6.61 Å². The number of carbonyl (C=O) groups excluding carboxylic acids is 1. The summed E-state index contributed by atoms with van der Waals surface area (Å²) in [6, 6.07) is 15.6. The number of amides is 1. The Morgan fingerprint density at radius 3 is 2.77 bits per heavy atom. The Balaban J connectivity index is 1.81. The zero-order valence-corrected chi connectivity index (χ0v) is 18.6. The maximum atomic E-state index is 12.9. The molecule has 1 N–H and O–H groups in total. The van der Waals surface area contributed by atoms with Crippen molar-refractivity contribution >= 4 is 55.9 Å². The molecular formula is C18H16BrIN3O2P. The lowest BCUT2D eigenvalue weighted by Gasteiger charge is -2.11. The maximum absolute atomic E-state index is 12.9. The van der Waals surface area contributed by atoms with Gasteiger partial charge in [-0.2, -0.15) is 5.10 Å². The number of nitrogens with one attached hydrogen (secondary N) is 1. The van der Waals surface area contributed by atoms with Crippen LogP contribution in [-0.2, 0) is 6.61 Å². The number of anilines is 1. The van der Waals surface area contributed by atoms with E-state index in [1.54, 1.807) is 10.6 Å². The molecular weight excluding hydrogens is 528 g/mol. The van der Waals surface area contributed by atoms with E-state index in [1.165, 1.54) is 0 Å². The van der Waals surface area contributed by atoms with Crippen molar-refractivity contribution in [1.82, 2.24) is 9.55 Å². The quantitative estimate of drug-likeness (QED) is 0.326. The third kappa shape index (κ3) is 4.64. The van der Waals surface area contributed by atoms with Crippen molar-refractivity contribution in [3.05, 3.63) is 76.0 Å². The molecule has 26 heavy (non-hydrogen) atoms.